The zero-order valence-electron chi connectivity index (χ0n) is 13.6. The van der Waals surface area contributed by atoms with Crippen LogP contribution in [0.15, 0.2) is 42.5 Å². The minimum Gasteiger partial charge on any atom is -0.481 e. The largest absolute Gasteiger partial charge is 0.481 e. The number of nitrogens with one attached hydrogen (secondary N) is 1. The van der Waals surface area contributed by atoms with Gasteiger partial charge < -0.3 is 10.4 Å². The fourth-order valence-electron chi connectivity index (χ4n) is 2.62. The summed E-state index contributed by atoms with van der Waals surface area (Å²) in [5.41, 5.74) is 2.29. The van der Waals surface area contributed by atoms with Crippen LogP contribution in [0.4, 0.5) is 4.39 Å². The van der Waals surface area contributed by atoms with Crippen molar-refractivity contribution in [3.63, 3.8) is 0 Å². The quantitative estimate of drug-likeness (QED) is 0.744. The second kappa shape index (κ2) is 8.81. The summed E-state index contributed by atoms with van der Waals surface area (Å²) in [6.07, 6.45) is 1.21. The topological polar surface area (TPSA) is 49.3 Å². The summed E-state index contributed by atoms with van der Waals surface area (Å²) in [6, 6.07) is 12.9. The monoisotopic (exact) mass is 349 g/mol. The first-order chi connectivity index (χ1) is 11.5. The smallest absolute Gasteiger partial charge is 0.303 e. The van der Waals surface area contributed by atoms with Crippen LogP contribution in [0.3, 0.4) is 0 Å². The maximum absolute atomic E-state index is 14.1. The molecule has 1 unspecified atom stereocenters. The van der Waals surface area contributed by atoms with Crippen LogP contribution < -0.4 is 5.32 Å². The molecule has 2 N–H and O–H groups in total. The molecule has 0 aromatic heterocycles. The second-order valence-electron chi connectivity index (χ2n) is 5.91. The van der Waals surface area contributed by atoms with E-state index in [9.17, 15) is 9.18 Å². The molecule has 0 aliphatic carbocycles. The second-order valence-corrected chi connectivity index (χ2v) is 6.31. The lowest BCUT2D eigenvalue weighted by Crippen LogP contribution is -2.31. The molecule has 0 saturated carbocycles. The Bertz CT molecular complexity index is 668. The molecule has 2 rings (SSSR count). The molecule has 1 atom stereocenters. The third-order valence-electron chi connectivity index (χ3n) is 3.88. The summed E-state index contributed by atoms with van der Waals surface area (Å²) in [7, 11) is 0. The van der Waals surface area contributed by atoms with Gasteiger partial charge in [-0.3, -0.25) is 4.79 Å². The number of halogens is 2. The zero-order valence-corrected chi connectivity index (χ0v) is 14.3. The van der Waals surface area contributed by atoms with Gasteiger partial charge in [0.2, 0.25) is 0 Å². The van der Waals surface area contributed by atoms with Gasteiger partial charge in [-0.1, -0.05) is 41.9 Å². The van der Waals surface area contributed by atoms with Gasteiger partial charge in [0.1, 0.15) is 5.82 Å². The molecule has 0 fully saturated rings. The molecule has 0 bridgehead atoms. The van der Waals surface area contributed by atoms with Gasteiger partial charge in [0, 0.05) is 29.6 Å². The fraction of sp³-hybridized carbons (Fsp3) is 0.316. The van der Waals surface area contributed by atoms with Crippen LogP contribution in [-0.4, -0.2) is 17.1 Å². The van der Waals surface area contributed by atoms with Crippen LogP contribution in [0.25, 0.3) is 0 Å². The fourth-order valence-corrected chi connectivity index (χ4v) is 2.95. The van der Waals surface area contributed by atoms with E-state index in [2.05, 4.69) is 5.32 Å². The minimum absolute atomic E-state index is 0.0641. The van der Waals surface area contributed by atoms with Crippen molar-refractivity contribution < 1.29 is 14.3 Å². The van der Waals surface area contributed by atoms with Crippen molar-refractivity contribution in [3.8, 4) is 0 Å². The Balaban J connectivity index is 2.06. The van der Waals surface area contributed by atoms with Gasteiger partial charge in [0.15, 0.2) is 0 Å². The number of rotatable bonds is 8. The number of benzene rings is 2. The summed E-state index contributed by atoms with van der Waals surface area (Å²) in [4.78, 5) is 10.9. The first-order valence-electron chi connectivity index (χ1n) is 7.89. The highest BCUT2D eigenvalue weighted by atomic mass is 35.5. The standard InChI is InChI=1S/C19H21ClFNO2/c1-13-9-17(20)16(18(21)10-13)12-22-15(7-8-19(23)24)11-14-5-3-2-4-6-14/h2-6,9-10,15,22H,7-8,11-12H2,1H3,(H,23,24). The van der Waals surface area contributed by atoms with Crippen molar-refractivity contribution in [1.29, 1.82) is 0 Å². The van der Waals surface area contributed by atoms with E-state index in [1.54, 1.807) is 13.0 Å². The third kappa shape index (κ3) is 5.62. The van der Waals surface area contributed by atoms with Crippen molar-refractivity contribution in [2.24, 2.45) is 0 Å². The number of hydrogen-bond acceptors (Lipinski definition) is 2. The molecule has 0 heterocycles. The van der Waals surface area contributed by atoms with E-state index in [-0.39, 0.29) is 24.8 Å². The van der Waals surface area contributed by atoms with Crippen molar-refractivity contribution in [2.45, 2.75) is 38.8 Å². The number of aliphatic carboxylic acids is 1. The number of carboxylic acid groups (broad SMARTS) is 1. The molecule has 2 aromatic carbocycles. The van der Waals surface area contributed by atoms with Gasteiger partial charge in [0.05, 0.1) is 0 Å². The first kappa shape index (κ1) is 18.4. The normalized spacial score (nSPS) is 12.1. The number of carboxylic acids is 1. The number of carbonyl (C=O) groups is 1. The molecule has 2 aromatic rings. The summed E-state index contributed by atoms with van der Waals surface area (Å²) in [5.74, 6) is -1.18. The third-order valence-corrected chi connectivity index (χ3v) is 4.22. The lowest BCUT2D eigenvalue weighted by atomic mass is 10.0. The van der Waals surface area contributed by atoms with Crippen LogP contribution in [-0.2, 0) is 17.8 Å². The summed E-state index contributed by atoms with van der Waals surface area (Å²) in [5, 5.41) is 12.6. The van der Waals surface area contributed by atoms with Gasteiger partial charge in [0.25, 0.3) is 0 Å². The summed E-state index contributed by atoms with van der Waals surface area (Å²) < 4.78 is 14.1. The van der Waals surface area contributed by atoms with E-state index >= 15 is 0 Å². The highest BCUT2D eigenvalue weighted by Gasteiger charge is 2.14. The van der Waals surface area contributed by atoms with Gasteiger partial charge in [-0.2, -0.15) is 0 Å². The number of aryl methyl sites for hydroxylation is 1. The Kier molecular flexibility index (Phi) is 6.76. The van der Waals surface area contributed by atoms with Crippen molar-refractivity contribution in [1.82, 2.24) is 5.32 Å². The molecule has 5 heteroatoms. The van der Waals surface area contributed by atoms with E-state index in [0.29, 0.717) is 23.4 Å². The SMILES string of the molecule is Cc1cc(F)c(CNC(CCC(=O)O)Cc2ccccc2)c(Cl)c1. The van der Waals surface area contributed by atoms with Crippen molar-refractivity contribution in [3.05, 3.63) is 70.0 Å². The maximum Gasteiger partial charge on any atom is 0.303 e. The van der Waals surface area contributed by atoms with Crippen LogP contribution in [0.5, 0.6) is 0 Å². The van der Waals surface area contributed by atoms with E-state index in [4.69, 9.17) is 16.7 Å². The lowest BCUT2D eigenvalue weighted by Gasteiger charge is -2.19. The maximum atomic E-state index is 14.1. The lowest BCUT2D eigenvalue weighted by molar-refractivity contribution is -0.137. The molecule has 0 aliphatic heterocycles. The Morgan fingerprint density at radius 1 is 1.29 bits per heavy atom. The Hall–Kier alpha value is -1.91. The molecule has 3 nitrogen and oxygen atoms in total. The molecular weight excluding hydrogens is 329 g/mol. The summed E-state index contributed by atoms with van der Waals surface area (Å²) >= 11 is 6.13. The molecule has 0 spiro atoms. The molecule has 0 radical (unpaired) electrons. The first-order valence-corrected chi connectivity index (χ1v) is 8.27. The number of hydrogen-bond donors (Lipinski definition) is 2. The van der Waals surface area contributed by atoms with Gasteiger partial charge >= 0.3 is 5.97 Å². The zero-order chi connectivity index (χ0) is 17.5. The molecule has 0 saturated heterocycles. The highest BCUT2D eigenvalue weighted by molar-refractivity contribution is 6.31. The van der Waals surface area contributed by atoms with Crippen LogP contribution in [0, 0.1) is 12.7 Å². The van der Waals surface area contributed by atoms with E-state index in [1.165, 1.54) is 6.07 Å². The summed E-state index contributed by atoms with van der Waals surface area (Å²) in [6.45, 7) is 2.05. The molecule has 0 aliphatic rings. The van der Waals surface area contributed by atoms with Gasteiger partial charge in [-0.15, -0.1) is 0 Å². The average Bonchev–Trinajstić information content (AvgIpc) is 2.52. The molecule has 0 amide bonds. The van der Waals surface area contributed by atoms with E-state index in [0.717, 1.165) is 11.1 Å². The highest BCUT2D eigenvalue weighted by Crippen LogP contribution is 2.21. The Morgan fingerprint density at radius 3 is 2.62 bits per heavy atom. The van der Waals surface area contributed by atoms with Crippen LogP contribution in [0.2, 0.25) is 5.02 Å². The Labute approximate surface area is 146 Å². The molecule has 128 valence electrons. The van der Waals surface area contributed by atoms with Crippen LogP contribution >= 0.6 is 11.6 Å². The minimum atomic E-state index is -0.839. The predicted molar refractivity (Wildman–Crippen MR) is 93.8 cm³/mol. The van der Waals surface area contributed by atoms with Crippen LogP contribution in [0.1, 0.15) is 29.5 Å². The van der Waals surface area contributed by atoms with E-state index in [1.807, 2.05) is 30.3 Å². The average molecular weight is 350 g/mol. The van der Waals surface area contributed by atoms with Crippen molar-refractivity contribution in [2.75, 3.05) is 0 Å². The molecular formula is C19H21ClFNO2. The van der Waals surface area contributed by atoms with E-state index < -0.39 is 5.97 Å². The predicted octanol–water partition coefficient (Wildman–Crippen LogP) is 4.35. The van der Waals surface area contributed by atoms with Gasteiger partial charge in [-0.05, 0) is 43.0 Å². The Morgan fingerprint density at radius 2 is 2.00 bits per heavy atom. The van der Waals surface area contributed by atoms with Gasteiger partial charge in [-0.25, -0.2) is 4.39 Å². The van der Waals surface area contributed by atoms with Crippen molar-refractivity contribution >= 4 is 17.6 Å². The molecule has 24 heavy (non-hydrogen) atoms.